The molecule has 6 heteroatoms. The highest BCUT2D eigenvalue weighted by molar-refractivity contribution is 5.67. The summed E-state index contributed by atoms with van der Waals surface area (Å²) >= 11 is 0. The highest BCUT2D eigenvalue weighted by Gasteiger charge is 1.97. The molecule has 0 aliphatic carbocycles. The second-order valence-corrected chi connectivity index (χ2v) is 0.859. The van der Waals surface area contributed by atoms with Crippen LogP contribution in [0.5, 0.6) is 0 Å². The Balaban J connectivity index is 0.000000360. The molecule has 1 aliphatic heterocycles. The highest BCUT2D eigenvalue weighted by atomic mass is 35.5. The van der Waals surface area contributed by atoms with Gasteiger partial charge in [-0.3, -0.25) is 0 Å². The van der Waals surface area contributed by atoms with Crippen molar-refractivity contribution in [3.63, 3.8) is 0 Å². The van der Waals surface area contributed by atoms with Crippen molar-refractivity contribution in [3.8, 4) is 0 Å². The van der Waals surface area contributed by atoms with E-state index in [1.165, 1.54) is 5.43 Å². The lowest BCUT2D eigenvalue weighted by Crippen LogP contribution is -3.00. The van der Waals surface area contributed by atoms with Gasteiger partial charge >= 0.3 is 5.96 Å². The lowest BCUT2D eigenvalue weighted by Gasteiger charge is -1.70. The molecular weight excluding hydrogens is 117 g/mol. The Hall–Kier alpha value is -0.680. The van der Waals surface area contributed by atoms with Gasteiger partial charge in [0, 0.05) is 5.22 Å². The van der Waals surface area contributed by atoms with Crippen LogP contribution >= 0.6 is 0 Å². The van der Waals surface area contributed by atoms with Crippen molar-refractivity contribution < 1.29 is 17.8 Å². The fourth-order valence-electron chi connectivity index (χ4n) is 0.188. The first kappa shape index (κ1) is 6.32. The van der Waals surface area contributed by atoms with E-state index in [4.69, 9.17) is 5.73 Å². The summed E-state index contributed by atoms with van der Waals surface area (Å²) in [6, 6.07) is 0. The number of hydrogen-bond acceptors (Lipinski definition) is 4. The van der Waals surface area contributed by atoms with Crippen LogP contribution in [0.1, 0.15) is 0 Å². The molecule has 0 spiro atoms. The monoisotopic (exact) mass is 121 g/mol. The average molecular weight is 122 g/mol. The van der Waals surface area contributed by atoms with Crippen molar-refractivity contribution in [3.05, 3.63) is 0 Å². The number of guanidine groups is 1. The minimum absolute atomic E-state index is 0. The summed E-state index contributed by atoms with van der Waals surface area (Å²) in [5, 5.41) is 9.87. The summed E-state index contributed by atoms with van der Waals surface area (Å²) in [6.45, 7) is 0. The Morgan fingerprint density at radius 1 is 1.57 bits per heavy atom. The third kappa shape index (κ3) is 1.47. The molecule has 0 unspecified atom stereocenters. The predicted octanol–water partition coefficient (Wildman–Crippen LogP) is -4.84. The van der Waals surface area contributed by atoms with Gasteiger partial charge in [-0.1, -0.05) is 0 Å². The molecule has 0 aromatic heterocycles. The molecule has 0 bridgehead atoms. The van der Waals surface area contributed by atoms with E-state index in [1.807, 2.05) is 0 Å². The van der Waals surface area contributed by atoms with E-state index in [0.717, 1.165) is 0 Å². The Bertz CT molecular complexity index is 105. The molecule has 0 aromatic rings. The topological polar surface area (TPSA) is 79.7 Å². The van der Waals surface area contributed by atoms with Gasteiger partial charge < -0.3 is 18.1 Å². The average Bonchev–Trinajstić information content (AvgIpc) is 1.86. The summed E-state index contributed by atoms with van der Waals surface area (Å²) in [4.78, 5) is 0. The third-order valence-electron chi connectivity index (χ3n) is 0.402. The van der Waals surface area contributed by atoms with Gasteiger partial charge in [0.15, 0.2) is 0 Å². The summed E-state index contributed by atoms with van der Waals surface area (Å²) in [5.74, 6) is 0.370. The maximum Gasteiger partial charge on any atom is 0.345 e. The fourth-order valence-corrected chi connectivity index (χ4v) is 0.188. The summed E-state index contributed by atoms with van der Waals surface area (Å²) in [7, 11) is 0. The zero-order chi connectivity index (χ0) is 4.41. The van der Waals surface area contributed by atoms with Crippen LogP contribution in [-0.4, -0.2) is 5.96 Å². The molecular formula is CH4ClN5. The smallest absolute Gasteiger partial charge is 0.345 e. The first-order valence-electron chi connectivity index (χ1n) is 1.46. The fraction of sp³-hybridized carbons (Fsp3) is 0. The molecule has 1 rings (SSSR count). The Labute approximate surface area is 46.1 Å². The minimum Gasteiger partial charge on any atom is -1.00 e. The van der Waals surface area contributed by atoms with Crippen LogP contribution in [0.3, 0.4) is 0 Å². The van der Waals surface area contributed by atoms with Crippen molar-refractivity contribution in [2.45, 2.75) is 0 Å². The van der Waals surface area contributed by atoms with Crippen molar-refractivity contribution in [2.24, 2.45) is 21.3 Å². The van der Waals surface area contributed by atoms with Crippen LogP contribution < -0.4 is 23.6 Å². The number of hydrogen-bond donors (Lipinski definition) is 2. The molecule has 7 heavy (non-hydrogen) atoms. The first-order valence-corrected chi connectivity index (χ1v) is 1.46. The second-order valence-electron chi connectivity index (χ2n) is 0.859. The maximum atomic E-state index is 5.04. The third-order valence-corrected chi connectivity index (χ3v) is 0.402. The normalized spacial score (nSPS) is 15.7. The van der Waals surface area contributed by atoms with Crippen molar-refractivity contribution in [1.29, 1.82) is 0 Å². The molecule has 0 saturated carbocycles. The Morgan fingerprint density at radius 2 is 2.29 bits per heavy atom. The second kappa shape index (κ2) is 2.49. The Kier molecular flexibility index (Phi) is 2.24. The Morgan fingerprint density at radius 3 is 2.43 bits per heavy atom. The zero-order valence-corrected chi connectivity index (χ0v) is 4.13. The number of rotatable bonds is 0. The van der Waals surface area contributed by atoms with Gasteiger partial charge in [0.05, 0.1) is 5.22 Å². The number of halogens is 1. The molecule has 0 radical (unpaired) electrons. The van der Waals surface area contributed by atoms with E-state index in [9.17, 15) is 0 Å². The van der Waals surface area contributed by atoms with Gasteiger partial charge in [0.2, 0.25) is 0 Å². The molecule has 0 fully saturated rings. The van der Waals surface area contributed by atoms with Gasteiger partial charge in [-0.2, -0.15) is 0 Å². The van der Waals surface area contributed by atoms with Crippen LogP contribution in [0.25, 0.3) is 0 Å². The van der Waals surface area contributed by atoms with Gasteiger partial charge in [0.1, 0.15) is 0 Å². The van der Waals surface area contributed by atoms with Crippen molar-refractivity contribution >= 4 is 5.96 Å². The summed E-state index contributed by atoms with van der Waals surface area (Å²) < 4.78 is 0. The number of nitrogens with zero attached hydrogens (tertiary/aromatic N) is 3. The van der Waals surface area contributed by atoms with Crippen LogP contribution in [0.15, 0.2) is 15.5 Å². The van der Waals surface area contributed by atoms with E-state index in [-0.39, 0.29) is 12.4 Å². The molecule has 40 valence electrons. The van der Waals surface area contributed by atoms with Gasteiger partial charge in [-0.05, 0) is 5.10 Å². The van der Waals surface area contributed by atoms with Crippen LogP contribution in [0.4, 0.5) is 0 Å². The van der Waals surface area contributed by atoms with Gasteiger partial charge in [-0.25, -0.2) is 0 Å². The van der Waals surface area contributed by atoms with E-state index in [0.29, 0.717) is 5.96 Å². The quantitative estimate of drug-likeness (QED) is 0.310. The van der Waals surface area contributed by atoms with E-state index >= 15 is 0 Å². The number of nitrogens with two attached hydrogens (primary N) is 2. The van der Waals surface area contributed by atoms with Crippen LogP contribution in [0.2, 0.25) is 0 Å². The molecule has 5 nitrogen and oxygen atoms in total. The number of quaternary nitrogens is 1. The molecule has 0 atom stereocenters. The minimum atomic E-state index is 0. The van der Waals surface area contributed by atoms with Gasteiger partial charge in [0.25, 0.3) is 0 Å². The summed E-state index contributed by atoms with van der Waals surface area (Å²) in [6.07, 6.45) is 0. The highest BCUT2D eigenvalue weighted by Crippen LogP contribution is 1.69. The van der Waals surface area contributed by atoms with Gasteiger partial charge in [-0.15, -0.1) is 5.43 Å². The lowest BCUT2D eigenvalue weighted by molar-refractivity contribution is -0.549. The molecule has 1 aliphatic rings. The van der Waals surface area contributed by atoms with Crippen LogP contribution in [-0.2, 0) is 0 Å². The van der Waals surface area contributed by atoms with E-state index < -0.39 is 0 Å². The van der Waals surface area contributed by atoms with Crippen molar-refractivity contribution in [1.82, 2.24) is 0 Å². The molecule has 0 saturated heterocycles. The first-order chi connectivity index (χ1) is 2.89. The lowest BCUT2D eigenvalue weighted by atomic mass is 11.1. The van der Waals surface area contributed by atoms with E-state index in [1.54, 1.807) is 0 Å². The van der Waals surface area contributed by atoms with Crippen LogP contribution in [0, 0.1) is 0 Å². The molecule has 0 aromatic carbocycles. The standard InChI is InChI=1S/CH3N5.ClH/c2-1-3-5-6-4-1;/h(H3,2,3,4,5,6);1H. The zero-order valence-electron chi connectivity index (χ0n) is 3.37. The molecule has 1 heterocycles. The molecule has 4 N–H and O–H groups in total. The predicted molar refractivity (Wildman–Crippen MR) is 18.4 cm³/mol. The van der Waals surface area contributed by atoms with E-state index in [2.05, 4.69) is 15.5 Å². The molecule has 0 amide bonds. The maximum absolute atomic E-state index is 5.04. The summed E-state index contributed by atoms with van der Waals surface area (Å²) in [5.41, 5.74) is 6.43. The van der Waals surface area contributed by atoms with Crippen molar-refractivity contribution in [2.75, 3.05) is 0 Å². The largest absolute Gasteiger partial charge is 1.00 e. The SMILES string of the molecule is NC1=NN=N[NH2+]1.[Cl-].